The standard InChI is InChI=1S/C20H28N6O4.C19H23N7O2.C16H16N6O2.C15H18N6O.C11H17N3O.C9H13N3O4.C3H7N.CH4/c1-20(2,3)30-19(28)24-16-11-22-25-17(16)18(27)23-15-5-4-13(10-14(15)21)12-26-6-8-29-9-7-26;27-19(21-13-2-3-13)24-16-10-20-25-17(16)18-22-14-4-1-12(9-15(14)23-18)11-26-5-7-28-8-6-26;23-16-19-12-8-17-20-14(12)15-18-11-2-1-10(7-13(11)22(15)16)9-21-3-5-24-6-4-21;16-11-8-17-20-14(11)15-18-12-2-1-10(7-13(12)19-15)9-21-3-5-22-6-4-21;12-10-2-1-9(7-11(10)13)8-14-3-5-15-6-4-14;1-9(2,3)16-8(15)11-5-4-10-12-6(5)7(13)14;4-3-1-2-3;/h4-5,10-11H,6-9,12,21H2,1-3H3,(H,22,25)(H,23,27)(H,24,28);1,4,9-10,13H,2-3,5-8,11H2,(H,20,25)(H,22,23)(H2,21,24,27);1-2,7-8H,3-6,9H2,(H,17,20)(H,19,23);1-2,7-8H,3-6,9,16H2,(H,17,20)(H,18,19);1-2,7H,3-6,8,12-13H2;4H,1-3H3,(H,10,12)(H,11,15)(H,13,14);3H,1-2,4H2;1H4. The van der Waals surface area contributed by atoms with Gasteiger partial charge >= 0.3 is 29.9 Å². The molecule has 14 heterocycles. The van der Waals surface area contributed by atoms with E-state index in [1.54, 1.807) is 70.6 Å². The molecule has 46 heteroatoms. The summed E-state index contributed by atoms with van der Waals surface area (Å²) in [4.78, 5) is 106. The Morgan fingerprint density at radius 3 is 1.30 bits per heavy atom. The molecule has 2 aliphatic carbocycles. The second-order valence-corrected chi connectivity index (χ2v) is 36.3. The fourth-order valence-electron chi connectivity index (χ4n) is 15.3. The number of aromatic amines is 8. The molecule has 0 radical (unpaired) electrons. The normalized spacial score (nSPS) is 16.1. The van der Waals surface area contributed by atoms with Gasteiger partial charge in [0.25, 0.3) is 5.91 Å². The fourth-order valence-corrected chi connectivity index (χ4v) is 15.3. The Labute approximate surface area is 805 Å². The number of carboxylic acids is 1. The van der Waals surface area contributed by atoms with Crippen LogP contribution in [0.2, 0.25) is 0 Å². The number of anilines is 8. The summed E-state index contributed by atoms with van der Waals surface area (Å²) in [7, 11) is 0. The number of hydrogen-bond acceptors (Lipinski definition) is 31. The maximum atomic E-state index is 12.7. The lowest BCUT2D eigenvalue weighted by molar-refractivity contribution is 0.0341. The summed E-state index contributed by atoms with van der Waals surface area (Å²) in [5, 5.41) is 54.9. The molecular weight excluding hydrogens is 1800 g/mol. The third kappa shape index (κ3) is 29.1. The molecule has 21 rings (SSSR count). The van der Waals surface area contributed by atoms with Crippen LogP contribution in [-0.4, -0.2) is 300 Å². The van der Waals surface area contributed by atoms with Crippen LogP contribution in [0.15, 0.2) is 127 Å². The first-order chi connectivity index (χ1) is 67.0. The van der Waals surface area contributed by atoms with Crippen molar-refractivity contribution in [1.29, 1.82) is 0 Å². The Bertz CT molecular complexity index is 6540. The minimum atomic E-state index is -1.21. The van der Waals surface area contributed by atoms with Crippen molar-refractivity contribution in [3.8, 4) is 23.0 Å². The monoisotopic (exact) mass is 1930 g/mol. The molecule has 5 amide bonds. The molecule has 5 aromatic carbocycles. The zero-order valence-corrected chi connectivity index (χ0v) is 78.6. The average molecular weight is 1930 g/mol. The summed E-state index contributed by atoms with van der Waals surface area (Å²) in [6, 6.07) is 30.7. The number of morpholine rings is 5. The van der Waals surface area contributed by atoms with E-state index in [-0.39, 0.29) is 41.9 Å². The van der Waals surface area contributed by atoms with Gasteiger partial charge in [0.2, 0.25) is 0 Å². The first-order valence-corrected chi connectivity index (χ1v) is 46.1. The van der Waals surface area contributed by atoms with Crippen LogP contribution in [-0.2, 0) is 65.9 Å². The van der Waals surface area contributed by atoms with E-state index in [2.05, 4.69) is 162 Å². The summed E-state index contributed by atoms with van der Waals surface area (Å²) in [6.45, 7) is 32.1. The molecule has 46 nitrogen and oxygen atoms in total. The molecule has 0 bridgehead atoms. The minimum Gasteiger partial charge on any atom is -0.476 e. The van der Waals surface area contributed by atoms with Crippen molar-refractivity contribution in [2.24, 2.45) is 5.73 Å². The van der Waals surface area contributed by atoms with Gasteiger partial charge in [-0.3, -0.25) is 65.4 Å². The molecule has 0 atom stereocenters. The van der Waals surface area contributed by atoms with Gasteiger partial charge in [0.05, 0.1) is 181 Å². The molecule has 7 aliphatic rings. The van der Waals surface area contributed by atoms with Crippen LogP contribution in [0.5, 0.6) is 0 Å². The predicted octanol–water partition coefficient (Wildman–Crippen LogP) is 9.63. The maximum absolute atomic E-state index is 12.7. The fraction of sp³-hybridized carbons (Fsp3) is 0.426. The van der Waals surface area contributed by atoms with Crippen LogP contribution in [0.1, 0.15) is 123 Å². The number of carbonyl (C=O) groups is 5. The van der Waals surface area contributed by atoms with E-state index >= 15 is 0 Å². The van der Waals surface area contributed by atoms with Crippen molar-refractivity contribution in [3.05, 3.63) is 172 Å². The second kappa shape index (κ2) is 47.3. The predicted molar refractivity (Wildman–Crippen MR) is 532 cm³/mol. The molecule has 5 aliphatic heterocycles. The second-order valence-electron chi connectivity index (χ2n) is 36.3. The number of benzene rings is 5. The Kier molecular flexibility index (Phi) is 34.2. The lowest BCUT2D eigenvalue weighted by atomic mass is 10.1. The van der Waals surface area contributed by atoms with Gasteiger partial charge in [0.1, 0.15) is 33.8 Å². The van der Waals surface area contributed by atoms with Crippen LogP contribution in [0.25, 0.3) is 72.8 Å². The number of H-pyrrole nitrogens is 8. The van der Waals surface area contributed by atoms with Crippen molar-refractivity contribution in [1.82, 2.24) is 115 Å². The summed E-state index contributed by atoms with van der Waals surface area (Å²) < 4.78 is 38.6. The smallest absolute Gasteiger partial charge is 0.412 e. The van der Waals surface area contributed by atoms with Crippen LogP contribution in [0, 0.1) is 0 Å². The first-order valence-electron chi connectivity index (χ1n) is 46.1. The van der Waals surface area contributed by atoms with Crippen molar-refractivity contribution < 1.29 is 62.2 Å². The van der Waals surface area contributed by atoms with Gasteiger partial charge < -0.3 is 97.8 Å². The molecular formula is C94H126N32O14. The molecule has 5 saturated heterocycles. The van der Waals surface area contributed by atoms with E-state index < -0.39 is 35.3 Å². The van der Waals surface area contributed by atoms with Crippen LogP contribution in [0.4, 0.5) is 59.9 Å². The van der Waals surface area contributed by atoms with Crippen molar-refractivity contribution in [3.63, 3.8) is 0 Å². The summed E-state index contributed by atoms with van der Waals surface area (Å²) in [5.41, 5.74) is 45.5. The molecule has 0 unspecified atom stereocenters. The van der Waals surface area contributed by atoms with Crippen LogP contribution < -0.4 is 60.9 Å². The molecule has 9 aromatic heterocycles. The topological polar surface area (TPSA) is 628 Å². The quantitative estimate of drug-likeness (QED) is 0.0335. The van der Waals surface area contributed by atoms with E-state index in [0.29, 0.717) is 74.7 Å². The number of aromatic carboxylic acids is 1. The molecule has 2 saturated carbocycles. The van der Waals surface area contributed by atoms with Crippen LogP contribution >= 0.6 is 0 Å². The summed E-state index contributed by atoms with van der Waals surface area (Å²) >= 11 is 0. The number of amides is 5. The number of nitrogens with zero attached hydrogens (tertiary/aromatic N) is 14. The maximum Gasteiger partial charge on any atom is 0.412 e. The number of carbonyl (C=O) groups excluding carboxylic acids is 4. The summed E-state index contributed by atoms with van der Waals surface area (Å²) in [6.07, 6.45) is 10.5. The highest BCUT2D eigenvalue weighted by atomic mass is 16.6. The number of ether oxygens (including phenoxy) is 7. The molecule has 14 aromatic rings. The van der Waals surface area contributed by atoms with Crippen LogP contribution in [0.3, 0.4) is 0 Å². The number of nitrogens with two attached hydrogens (primary N) is 5. The lowest BCUT2D eigenvalue weighted by Crippen LogP contribution is -2.35. The number of fused-ring (bicyclic) bond motifs is 7. The zero-order valence-electron chi connectivity index (χ0n) is 78.6. The minimum absolute atomic E-state index is 0. The van der Waals surface area contributed by atoms with Gasteiger partial charge in [0, 0.05) is 110 Å². The number of aromatic nitrogens is 17. The highest BCUT2D eigenvalue weighted by Crippen LogP contribution is 2.31. The summed E-state index contributed by atoms with van der Waals surface area (Å²) in [5.74, 6) is -0.319. The number of imidazole rings is 3. The molecule has 7 fully saturated rings. The van der Waals surface area contributed by atoms with E-state index in [4.69, 9.17) is 66.9 Å². The first kappa shape index (κ1) is 101. The van der Waals surface area contributed by atoms with Crippen molar-refractivity contribution in [2.75, 3.05) is 176 Å². The third-order valence-corrected chi connectivity index (χ3v) is 22.7. The largest absolute Gasteiger partial charge is 0.476 e. The Morgan fingerprint density at radius 2 is 0.843 bits per heavy atom. The SMILES string of the molecule is C.CC(C)(C)OC(=O)Nc1cn[nH]c1C(=O)Nc1ccc(CN2CCOCC2)cc1N.CC(C)(C)OC(=O)Nc1cn[nH]c1C(=O)O.NC1CC1.Nc1ccc(CN2CCOCC2)cc1N.Nc1cn[nH]c1-c1nc2ccc(CN3CCOCC3)cc2[nH]1.O=C(Nc1cn[nH]c1-c1nc2ccc(CN3CCOCC3)cc2[nH]1)NC1CC1.O=c1[nH]c2cn[nH]c2c2nc3ccc(CN4CCOCC4)cc3n12. The van der Waals surface area contributed by atoms with Gasteiger partial charge in [-0.15, -0.1) is 0 Å². The number of nitrogen functional groups attached to an aromatic ring is 4. The van der Waals surface area contributed by atoms with E-state index in [1.807, 2.05) is 54.6 Å². The number of urea groups is 1. The van der Waals surface area contributed by atoms with Gasteiger partial charge in [-0.05, 0) is 156 Å². The Morgan fingerprint density at radius 1 is 0.429 bits per heavy atom. The van der Waals surface area contributed by atoms with Gasteiger partial charge in [0.15, 0.2) is 23.0 Å². The number of nitrogens with one attached hydrogen (secondary N) is 13. The highest BCUT2D eigenvalue weighted by Gasteiger charge is 2.28. The third-order valence-electron chi connectivity index (χ3n) is 22.7. The zero-order chi connectivity index (χ0) is 97.7. The number of carboxylic acid groups (broad SMARTS) is 1. The van der Waals surface area contributed by atoms with E-state index in [9.17, 15) is 28.8 Å². The van der Waals surface area contributed by atoms with Gasteiger partial charge in [-0.1, -0.05) is 37.8 Å². The van der Waals surface area contributed by atoms with Crippen molar-refractivity contribution >= 4 is 125 Å². The van der Waals surface area contributed by atoms with Gasteiger partial charge in [-0.25, -0.2) is 43.3 Å². The van der Waals surface area contributed by atoms with E-state index in [1.165, 1.54) is 41.9 Å². The average Bonchev–Trinajstić information content (AvgIpc) is 1.59. The lowest BCUT2D eigenvalue weighted by Gasteiger charge is -2.26. The molecule has 24 N–H and O–H groups in total. The molecule has 746 valence electrons. The Hall–Kier alpha value is -14.5. The van der Waals surface area contributed by atoms with Gasteiger partial charge in [-0.2, -0.15) is 25.5 Å². The number of hydrogen-bond donors (Lipinski definition) is 19. The highest BCUT2D eigenvalue weighted by molar-refractivity contribution is 6.09. The van der Waals surface area contributed by atoms with E-state index in [0.717, 1.165) is 233 Å². The molecule has 0 spiro atoms. The number of rotatable bonds is 19. The molecule has 140 heavy (non-hydrogen) atoms. The Balaban J connectivity index is 0.000000134. The van der Waals surface area contributed by atoms with Crippen molar-refractivity contribution in [2.45, 2.75) is 131 Å².